The molecule has 0 aliphatic heterocycles. The average molecular weight is 171 g/mol. The number of hydrogen-bond acceptors (Lipinski definition) is 1. The molecule has 74 valence electrons. The second kappa shape index (κ2) is 9.05. The van der Waals surface area contributed by atoms with Gasteiger partial charge in [-0.05, 0) is 25.3 Å². The maximum absolute atomic E-state index is 5.45. The summed E-state index contributed by atoms with van der Waals surface area (Å²) in [5.41, 5.74) is 5.45. The molecule has 0 aliphatic rings. The van der Waals surface area contributed by atoms with Gasteiger partial charge in [-0.25, -0.2) is 0 Å². The molecule has 12 heavy (non-hydrogen) atoms. The van der Waals surface area contributed by atoms with Crippen molar-refractivity contribution in [2.45, 2.75) is 58.8 Å². The Bertz CT molecular complexity index is 81.1. The maximum atomic E-state index is 5.45. The Morgan fingerprint density at radius 1 is 1.00 bits per heavy atom. The number of nitrogens with two attached hydrogens (primary N) is 1. The summed E-state index contributed by atoms with van der Waals surface area (Å²) >= 11 is 0. The first kappa shape index (κ1) is 12.0. The minimum absolute atomic E-state index is 0.860. The van der Waals surface area contributed by atoms with E-state index in [1.165, 1.54) is 44.9 Å². The number of unbranched alkanes of at least 4 members (excludes halogenated alkanes) is 3. The molecular formula is C11H25N. The van der Waals surface area contributed by atoms with Crippen molar-refractivity contribution in [2.24, 2.45) is 11.7 Å². The third-order valence-electron chi connectivity index (χ3n) is 2.45. The molecule has 1 heteroatoms. The Hall–Kier alpha value is -0.0400. The van der Waals surface area contributed by atoms with Gasteiger partial charge in [0.2, 0.25) is 0 Å². The highest BCUT2D eigenvalue weighted by Crippen LogP contribution is 2.14. The Morgan fingerprint density at radius 2 is 1.67 bits per heavy atom. The zero-order valence-electron chi connectivity index (χ0n) is 8.81. The molecule has 0 heterocycles. The van der Waals surface area contributed by atoms with Gasteiger partial charge in [0.05, 0.1) is 0 Å². The van der Waals surface area contributed by atoms with Crippen molar-refractivity contribution < 1.29 is 0 Å². The van der Waals surface area contributed by atoms with E-state index in [1.54, 1.807) is 0 Å². The van der Waals surface area contributed by atoms with Crippen LogP contribution in [0.4, 0.5) is 0 Å². The molecule has 0 spiro atoms. The van der Waals surface area contributed by atoms with Crippen LogP contribution in [0, 0.1) is 5.92 Å². The van der Waals surface area contributed by atoms with E-state index in [4.69, 9.17) is 5.73 Å². The predicted molar refractivity (Wildman–Crippen MR) is 56.2 cm³/mol. The van der Waals surface area contributed by atoms with Gasteiger partial charge in [0.25, 0.3) is 0 Å². The highest BCUT2D eigenvalue weighted by atomic mass is 14.5. The summed E-state index contributed by atoms with van der Waals surface area (Å²) in [5.74, 6) is 0.894. The van der Waals surface area contributed by atoms with Gasteiger partial charge in [-0.2, -0.15) is 0 Å². The molecule has 0 radical (unpaired) electrons. The van der Waals surface area contributed by atoms with Crippen LogP contribution >= 0.6 is 0 Å². The number of rotatable bonds is 8. The molecule has 0 rings (SSSR count). The van der Waals surface area contributed by atoms with Gasteiger partial charge >= 0.3 is 0 Å². The van der Waals surface area contributed by atoms with Crippen molar-refractivity contribution in [1.82, 2.24) is 0 Å². The fourth-order valence-electron chi connectivity index (χ4n) is 1.53. The molecule has 0 fully saturated rings. The fourth-order valence-corrected chi connectivity index (χ4v) is 1.53. The summed E-state index contributed by atoms with van der Waals surface area (Å²) in [5, 5.41) is 0. The lowest BCUT2D eigenvalue weighted by molar-refractivity contribution is 0.450. The summed E-state index contributed by atoms with van der Waals surface area (Å²) in [6, 6.07) is 0. The topological polar surface area (TPSA) is 26.0 Å². The van der Waals surface area contributed by atoms with Crippen LogP contribution in [0.5, 0.6) is 0 Å². The van der Waals surface area contributed by atoms with Crippen LogP contribution in [0.15, 0.2) is 0 Å². The summed E-state index contributed by atoms with van der Waals surface area (Å²) in [6.45, 7) is 5.47. The van der Waals surface area contributed by atoms with Gasteiger partial charge in [0.1, 0.15) is 0 Å². The summed E-state index contributed by atoms with van der Waals surface area (Å²) in [7, 11) is 0. The normalized spacial score (nSPS) is 13.2. The second-order valence-electron chi connectivity index (χ2n) is 3.89. The van der Waals surface area contributed by atoms with Crippen molar-refractivity contribution in [3.63, 3.8) is 0 Å². The second-order valence-corrected chi connectivity index (χ2v) is 3.89. The van der Waals surface area contributed by atoms with Gasteiger partial charge in [0.15, 0.2) is 0 Å². The Kier molecular flexibility index (Phi) is 9.02. The molecule has 0 saturated heterocycles. The summed E-state index contributed by atoms with van der Waals surface area (Å²) in [4.78, 5) is 0. The zero-order chi connectivity index (χ0) is 9.23. The van der Waals surface area contributed by atoms with Crippen molar-refractivity contribution >= 4 is 0 Å². The SMILES string of the molecule is CCCCCCC(C)CCCN. The minimum atomic E-state index is 0.860. The molecule has 1 atom stereocenters. The van der Waals surface area contributed by atoms with Gasteiger partial charge in [-0.3, -0.25) is 0 Å². The van der Waals surface area contributed by atoms with Crippen molar-refractivity contribution in [3.8, 4) is 0 Å². The van der Waals surface area contributed by atoms with Gasteiger partial charge in [0, 0.05) is 0 Å². The monoisotopic (exact) mass is 171 g/mol. The molecule has 1 unspecified atom stereocenters. The van der Waals surface area contributed by atoms with Crippen LogP contribution in [-0.4, -0.2) is 6.54 Å². The summed E-state index contributed by atoms with van der Waals surface area (Å²) < 4.78 is 0. The first-order chi connectivity index (χ1) is 5.81. The van der Waals surface area contributed by atoms with Gasteiger partial charge < -0.3 is 5.73 Å². The van der Waals surface area contributed by atoms with E-state index in [0.29, 0.717) is 0 Å². The highest BCUT2D eigenvalue weighted by Gasteiger charge is 2.00. The summed E-state index contributed by atoms with van der Waals surface area (Å²) in [6.07, 6.45) is 9.52. The Morgan fingerprint density at radius 3 is 2.25 bits per heavy atom. The van der Waals surface area contributed by atoms with E-state index in [2.05, 4.69) is 13.8 Å². The van der Waals surface area contributed by atoms with Crippen LogP contribution in [0.2, 0.25) is 0 Å². The van der Waals surface area contributed by atoms with Crippen LogP contribution in [0.1, 0.15) is 58.8 Å². The van der Waals surface area contributed by atoms with E-state index in [-0.39, 0.29) is 0 Å². The third-order valence-corrected chi connectivity index (χ3v) is 2.45. The average Bonchev–Trinajstić information content (AvgIpc) is 2.09. The molecule has 1 nitrogen and oxygen atoms in total. The lowest BCUT2D eigenvalue weighted by atomic mass is 9.98. The zero-order valence-corrected chi connectivity index (χ0v) is 8.81. The molecule has 0 bridgehead atoms. The largest absolute Gasteiger partial charge is 0.330 e. The van der Waals surface area contributed by atoms with Crippen LogP contribution < -0.4 is 5.73 Å². The molecule has 0 aliphatic carbocycles. The predicted octanol–water partition coefficient (Wildman–Crippen LogP) is 3.33. The molecule has 0 aromatic heterocycles. The van der Waals surface area contributed by atoms with Gasteiger partial charge in [-0.15, -0.1) is 0 Å². The van der Waals surface area contributed by atoms with Crippen molar-refractivity contribution in [1.29, 1.82) is 0 Å². The smallest absolute Gasteiger partial charge is 0.00772 e. The van der Waals surface area contributed by atoms with Crippen molar-refractivity contribution in [2.75, 3.05) is 6.54 Å². The molecule has 0 amide bonds. The van der Waals surface area contributed by atoms with E-state index >= 15 is 0 Å². The lowest BCUT2D eigenvalue weighted by Gasteiger charge is -2.09. The Balaban J connectivity index is 3.02. The third kappa shape index (κ3) is 8.06. The molecule has 0 aromatic carbocycles. The first-order valence-electron chi connectivity index (χ1n) is 5.51. The van der Waals surface area contributed by atoms with Crippen LogP contribution in [0.25, 0.3) is 0 Å². The van der Waals surface area contributed by atoms with E-state index in [0.717, 1.165) is 12.5 Å². The highest BCUT2D eigenvalue weighted by molar-refractivity contribution is 4.54. The van der Waals surface area contributed by atoms with E-state index in [9.17, 15) is 0 Å². The number of hydrogen-bond donors (Lipinski definition) is 1. The quantitative estimate of drug-likeness (QED) is 0.557. The molecule has 0 saturated carbocycles. The van der Waals surface area contributed by atoms with Crippen molar-refractivity contribution in [3.05, 3.63) is 0 Å². The molecular weight excluding hydrogens is 146 g/mol. The molecule has 0 aromatic rings. The molecule has 2 N–H and O–H groups in total. The first-order valence-corrected chi connectivity index (χ1v) is 5.51. The Labute approximate surface area is 77.7 Å². The van der Waals surface area contributed by atoms with Gasteiger partial charge in [-0.1, -0.05) is 46.0 Å². The fraction of sp³-hybridized carbons (Fsp3) is 1.00. The van der Waals surface area contributed by atoms with E-state index in [1.807, 2.05) is 0 Å². The van der Waals surface area contributed by atoms with Crippen LogP contribution in [0.3, 0.4) is 0 Å². The maximum Gasteiger partial charge on any atom is -0.00772 e. The van der Waals surface area contributed by atoms with E-state index < -0.39 is 0 Å². The minimum Gasteiger partial charge on any atom is -0.330 e. The lowest BCUT2D eigenvalue weighted by Crippen LogP contribution is -2.02. The van der Waals surface area contributed by atoms with Crippen LogP contribution in [-0.2, 0) is 0 Å². The standard InChI is InChI=1S/C11H25N/c1-3-4-5-6-8-11(2)9-7-10-12/h11H,3-10,12H2,1-2H3.